The quantitative estimate of drug-likeness (QED) is 0.856. The molecule has 0 unspecified atom stereocenters. The van der Waals surface area contributed by atoms with Gasteiger partial charge in [-0.3, -0.25) is 4.90 Å². The van der Waals surface area contributed by atoms with Crippen molar-refractivity contribution in [2.45, 2.75) is 39.3 Å². The average molecular weight is 285 g/mol. The van der Waals surface area contributed by atoms with Crippen molar-refractivity contribution in [1.82, 2.24) is 4.90 Å². The van der Waals surface area contributed by atoms with Gasteiger partial charge in [0.2, 0.25) is 0 Å². The highest BCUT2D eigenvalue weighted by atomic mass is 79.9. The van der Waals surface area contributed by atoms with Crippen LogP contribution in [0.25, 0.3) is 0 Å². The number of hydrogen-bond acceptors (Lipinski definition) is 2. The van der Waals surface area contributed by atoms with E-state index >= 15 is 0 Å². The van der Waals surface area contributed by atoms with E-state index in [1.807, 2.05) is 6.07 Å². The molecule has 1 aromatic rings. The molecule has 1 rings (SSSR count). The summed E-state index contributed by atoms with van der Waals surface area (Å²) in [6.07, 6.45) is 1.14. The maximum atomic E-state index is 5.77. The third-order valence-corrected chi connectivity index (χ3v) is 4.07. The number of nitrogen functional groups attached to an aromatic ring is 1. The van der Waals surface area contributed by atoms with Gasteiger partial charge in [-0.1, -0.05) is 13.0 Å². The number of hydrogen-bond donors (Lipinski definition) is 1. The SMILES string of the molecule is CCC(C)(C)N(C)Cc1ccc(N)c(Br)c1. The molecule has 16 heavy (non-hydrogen) atoms. The fourth-order valence-corrected chi connectivity index (χ4v) is 1.85. The Morgan fingerprint density at radius 3 is 2.50 bits per heavy atom. The van der Waals surface area contributed by atoms with Gasteiger partial charge in [0.25, 0.3) is 0 Å². The standard InChI is InChI=1S/C13H21BrN2/c1-5-13(2,3)16(4)9-10-6-7-12(15)11(14)8-10/h6-8H,5,9,15H2,1-4H3. The topological polar surface area (TPSA) is 29.3 Å². The first-order valence-corrected chi connectivity index (χ1v) is 6.41. The van der Waals surface area contributed by atoms with Gasteiger partial charge in [-0.25, -0.2) is 0 Å². The highest BCUT2D eigenvalue weighted by Crippen LogP contribution is 2.23. The molecule has 3 heteroatoms. The van der Waals surface area contributed by atoms with Gasteiger partial charge in [-0.2, -0.15) is 0 Å². The van der Waals surface area contributed by atoms with E-state index in [0.717, 1.165) is 23.1 Å². The lowest BCUT2D eigenvalue weighted by atomic mass is 9.99. The van der Waals surface area contributed by atoms with Crippen LogP contribution in [-0.4, -0.2) is 17.5 Å². The third kappa shape index (κ3) is 3.22. The molecule has 0 radical (unpaired) electrons. The predicted molar refractivity (Wildman–Crippen MR) is 74.4 cm³/mol. The van der Waals surface area contributed by atoms with E-state index in [1.54, 1.807) is 0 Å². The van der Waals surface area contributed by atoms with Crippen molar-refractivity contribution in [3.05, 3.63) is 28.2 Å². The second-order valence-corrected chi connectivity index (χ2v) is 5.73. The van der Waals surface area contributed by atoms with Crippen molar-refractivity contribution < 1.29 is 0 Å². The highest BCUT2D eigenvalue weighted by Gasteiger charge is 2.20. The molecule has 0 aliphatic carbocycles. The van der Waals surface area contributed by atoms with Gasteiger partial charge in [0.05, 0.1) is 0 Å². The molecule has 0 amide bonds. The van der Waals surface area contributed by atoms with E-state index in [4.69, 9.17) is 5.73 Å². The summed E-state index contributed by atoms with van der Waals surface area (Å²) in [6.45, 7) is 7.69. The van der Waals surface area contributed by atoms with Crippen LogP contribution in [-0.2, 0) is 6.54 Å². The second kappa shape index (κ2) is 5.19. The largest absolute Gasteiger partial charge is 0.398 e. The van der Waals surface area contributed by atoms with Gasteiger partial charge in [-0.05, 0) is 60.9 Å². The zero-order chi connectivity index (χ0) is 12.3. The smallest absolute Gasteiger partial charge is 0.0458 e. The maximum Gasteiger partial charge on any atom is 0.0458 e. The summed E-state index contributed by atoms with van der Waals surface area (Å²) in [5, 5.41) is 0. The molecule has 0 aliphatic heterocycles. The molecule has 0 fully saturated rings. The molecule has 2 nitrogen and oxygen atoms in total. The molecular weight excluding hydrogens is 264 g/mol. The van der Waals surface area contributed by atoms with E-state index in [9.17, 15) is 0 Å². The molecule has 0 saturated carbocycles. The Bertz CT molecular complexity index is 361. The van der Waals surface area contributed by atoms with Crippen LogP contribution < -0.4 is 5.73 Å². The minimum absolute atomic E-state index is 0.230. The van der Waals surface area contributed by atoms with Crippen molar-refractivity contribution in [2.24, 2.45) is 0 Å². The molecule has 0 saturated heterocycles. The van der Waals surface area contributed by atoms with Crippen molar-refractivity contribution in [3.63, 3.8) is 0 Å². The summed E-state index contributed by atoms with van der Waals surface area (Å²) >= 11 is 3.46. The summed E-state index contributed by atoms with van der Waals surface area (Å²) in [5.41, 5.74) is 8.08. The first-order valence-electron chi connectivity index (χ1n) is 5.62. The summed E-state index contributed by atoms with van der Waals surface area (Å²) in [6, 6.07) is 6.13. The molecule has 0 aromatic heterocycles. The molecule has 1 aromatic carbocycles. The van der Waals surface area contributed by atoms with Crippen LogP contribution in [0.3, 0.4) is 0 Å². The molecule has 0 spiro atoms. The van der Waals surface area contributed by atoms with Crippen LogP contribution in [0.15, 0.2) is 22.7 Å². The van der Waals surface area contributed by atoms with Gasteiger partial charge in [0.15, 0.2) is 0 Å². The number of rotatable bonds is 4. The maximum absolute atomic E-state index is 5.77. The molecule has 0 bridgehead atoms. The van der Waals surface area contributed by atoms with Crippen LogP contribution in [0.4, 0.5) is 5.69 Å². The van der Waals surface area contributed by atoms with Gasteiger partial charge in [-0.15, -0.1) is 0 Å². The Morgan fingerprint density at radius 1 is 1.38 bits per heavy atom. The first kappa shape index (κ1) is 13.5. The van der Waals surface area contributed by atoms with E-state index in [2.05, 4.69) is 60.8 Å². The first-order chi connectivity index (χ1) is 7.36. The fourth-order valence-electron chi connectivity index (χ4n) is 1.43. The van der Waals surface area contributed by atoms with Crippen molar-refractivity contribution >= 4 is 21.6 Å². The number of halogens is 1. The van der Waals surface area contributed by atoms with Crippen molar-refractivity contribution in [1.29, 1.82) is 0 Å². The normalized spacial score (nSPS) is 12.1. The summed E-state index contributed by atoms with van der Waals surface area (Å²) < 4.78 is 0.979. The van der Waals surface area contributed by atoms with Gasteiger partial charge >= 0.3 is 0 Å². The van der Waals surface area contributed by atoms with E-state index in [1.165, 1.54) is 5.56 Å². The van der Waals surface area contributed by atoms with Crippen LogP contribution in [0.5, 0.6) is 0 Å². The summed E-state index contributed by atoms with van der Waals surface area (Å²) in [7, 11) is 2.16. The minimum Gasteiger partial charge on any atom is -0.398 e. The van der Waals surface area contributed by atoms with Crippen LogP contribution in [0.2, 0.25) is 0 Å². The minimum atomic E-state index is 0.230. The molecular formula is C13H21BrN2. The Balaban J connectivity index is 2.77. The molecule has 2 N–H and O–H groups in total. The molecule has 0 aliphatic rings. The Morgan fingerprint density at radius 2 is 2.00 bits per heavy atom. The summed E-state index contributed by atoms with van der Waals surface area (Å²) in [5.74, 6) is 0. The summed E-state index contributed by atoms with van der Waals surface area (Å²) in [4.78, 5) is 2.37. The van der Waals surface area contributed by atoms with Crippen LogP contribution in [0.1, 0.15) is 32.8 Å². The number of benzene rings is 1. The lowest BCUT2D eigenvalue weighted by Gasteiger charge is -2.34. The Hall–Kier alpha value is -0.540. The van der Waals surface area contributed by atoms with Crippen LogP contribution >= 0.6 is 15.9 Å². The monoisotopic (exact) mass is 284 g/mol. The predicted octanol–water partition coefficient (Wildman–Crippen LogP) is 3.65. The van der Waals surface area contributed by atoms with E-state index in [0.29, 0.717) is 0 Å². The van der Waals surface area contributed by atoms with Gasteiger partial charge < -0.3 is 5.73 Å². The number of nitrogens with zero attached hydrogens (tertiary/aromatic N) is 1. The third-order valence-electron chi connectivity index (χ3n) is 3.38. The Labute approximate surface area is 107 Å². The van der Waals surface area contributed by atoms with Crippen molar-refractivity contribution in [3.8, 4) is 0 Å². The average Bonchev–Trinajstić information content (AvgIpc) is 2.23. The van der Waals surface area contributed by atoms with Crippen molar-refractivity contribution in [2.75, 3.05) is 12.8 Å². The lowest BCUT2D eigenvalue weighted by Crippen LogP contribution is -2.39. The van der Waals surface area contributed by atoms with Crippen LogP contribution in [0, 0.1) is 0 Å². The van der Waals surface area contributed by atoms with Gasteiger partial charge in [0.1, 0.15) is 0 Å². The Kier molecular flexibility index (Phi) is 4.39. The molecule has 0 heterocycles. The second-order valence-electron chi connectivity index (χ2n) is 4.88. The van der Waals surface area contributed by atoms with E-state index in [-0.39, 0.29) is 5.54 Å². The fraction of sp³-hybridized carbons (Fsp3) is 0.538. The molecule has 0 atom stereocenters. The van der Waals surface area contributed by atoms with E-state index < -0.39 is 0 Å². The van der Waals surface area contributed by atoms with Gasteiger partial charge in [0, 0.05) is 22.2 Å². The number of anilines is 1. The number of nitrogens with two attached hydrogens (primary N) is 1. The zero-order valence-electron chi connectivity index (χ0n) is 10.5. The zero-order valence-corrected chi connectivity index (χ0v) is 12.1. The highest BCUT2D eigenvalue weighted by molar-refractivity contribution is 9.10. The lowest BCUT2D eigenvalue weighted by molar-refractivity contribution is 0.143. The molecule has 90 valence electrons.